The van der Waals surface area contributed by atoms with Gasteiger partial charge >= 0.3 is 0 Å². The van der Waals surface area contributed by atoms with E-state index in [1.165, 1.54) is 55.5 Å². The first-order chi connectivity index (χ1) is 18.1. The number of hydrogen-bond acceptors (Lipinski definition) is 5. The zero-order valence-electron chi connectivity index (χ0n) is 22.1. The summed E-state index contributed by atoms with van der Waals surface area (Å²) in [7, 11) is 1.65. The quantitative estimate of drug-likeness (QED) is 0.344. The molecule has 1 fully saturated rings. The standard InChI is InChI=1S/C32H40N2O3/c1-36-30-18-16-27(31-26-8-4-3-7-24(26)12-17-29(31)35)28(32(30)33)15-11-23-9-13-25(14-10-23)37-22-21-34-19-5-2-6-20-34/h9-10,12-14,16-18,35H,2-8,11,15,19-22,33H2,1H3. The predicted octanol–water partition coefficient (Wildman–Crippen LogP) is 6.18. The maximum atomic E-state index is 10.9. The number of likely N-dealkylation sites (tertiary alicyclic amines) is 1. The molecule has 0 aromatic heterocycles. The van der Waals surface area contributed by atoms with Gasteiger partial charge < -0.3 is 20.3 Å². The Morgan fingerprint density at radius 2 is 1.65 bits per heavy atom. The third kappa shape index (κ3) is 5.88. The van der Waals surface area contributed by atoms with Crippen LogP contribution in [0.25, 0.3) is 11.1 Å². The van der Waals surface area contributed by atoms with Crippen LogP contribution in [-0.2, 0) is 25.7 Å². The number of methoxy groups -OCH3 is 1. The van der Waals surface area contributed by atoms with Gasteiger partial charge in [-0.05, 0) is 117 Å². The summed E-state index contributed by atoms with van der Waals surface area (Å²) >= 11 is 0. The van der Waals surface area contributed by atoms with E-state index in [0.717, 1.165) is 67.7 Å². The van der Waals surface area contributed by atoms with E-state index in [4.69, 9.17) is 15.2 Å². The van der Waals surface area contributed by atoms with Crippen LogP contribution in [0.5, 0.6) is 17.2 Å². The monoisotopic (exact) mass is 500 g/mol. The molecule has 0 saturated carbocycles. The van der Waals surface area contributed by atoms with E-state index < -0.39 is 0 Å². The Labute approximate surface area is 221 Å². The van der Waals surface area contributed by atoms with Crippen LogP contribution in [0.2, 0.25) is 0 Å². The summed E-state index contributed by atoms with van der Waals surface area (Å²) in [5.41, 5.74) is 14.1. The van der Waals surface area contributed by atoms with Crippen LogP contribution < -0.4 is 15.2 Å². The van der Waals surface area contributed by atoms with Gasteiger partial charge in [0.25, 0.3) is 0 Å². The number of piperidine rings is 1. The molecule has 0 bridgehead atoms. The molecule has 0 spiro atoms. The van der Waals surface area contributed by atoms with Crippen LogP contribution in [0.4, 0.5) is 5.69 Å². The molecule has 3 aromatic rings. The molecule has 0 unspecified atom stereocenters. The van der Waals surface area contributed by atoms with Crippen molar-refractivity contribution in [2.24, 2.45) is 0 Å². The number of aromatic hydroxyl groups is 1. The number of phenolic OH excluding ortho intramolecular Hbond substituents is 1. The predicted molar refractivity (Wildman–Crippen MR) is 151 cm³/mol. The molecule has 1 aliphatic heterocycles. The van der Waals surface area contributed by atoms with Crippen molar-refractivity contribution in [1.82, 2.24) is 4.90 Å². The average Bonchev–Trinajstić information content (AvgIpc) is 2.94. The maximum absolute atomic E-state index is 10.9. The molecule has 0 amide bonds. The van der Waals surface area contributed by atoms with Crippen molar-refractivity contribution in [3.63, 3.8) is 0 Å². The Morgan fingerprint density at radius 1 is 0.865 bits per heavy atom. The Bertz CT molecular complexity index is 1200. The lowest BCUT2D eigenvalue weighted by Gasteiger charge is -2.26. The number of anilines is 1. The highest BCUT2D eigenvalue weighted by atomic mass is 16.5. The zero-order valence-corrected chi connectivity index (χ0v) is 22.1. The third-order valence-corrected chi connectivity index (χ3v) is 8.03. The number of ether oxygens (including phenoxy) is 2. The van der Waals surface area contributed by atoms with E-state index in [-0.39, 0.29) is 0 Å². The van der Waals surface area contributed by atoms with E-state index in [0.29, 0.717) is 17.2 Å². The van der Waals surface area contributed by atoms with Crippen LogP contribution in [0, 0.1) is 0 Å². The third-order valence-electron chi connectivity index (χ3n) is 8.03. The van der Waals surface area contributed by atoms with Crippen LogP contribution in [0.3, 0.4) is 0 Å². The molecule has 37 heavy (non-hydrogen) atoms. The first-order valence-electron chi connectivity index (χ1n) is 13.9. The number of benzene rings is 3. The minimum atomic E-state index is 0.331. The van der Waals surface area contributed by atoms with E-state index in [1.807, 2.05) is 12.1 Å². The van der Waals surface area contributed by atoms with Crippen LogP contribution in [0.1, 0.15) is 54.4 Å². The van der Waals surface area contributed by atoms with E-state index in [2.05, 4.69) is 41.3 Å². The molecule has 196 valence electrons. The number of hydrogen-bond donors (Lipinski definition) is 2. The first kappa shape index (κ1) is 25.5. The van der Waals surface area contributed by atoms with Crippen molar-refractivity contribution in [2.75, 3.05) is 39.1 Å². The highest BCUT2D eigenvalue weighted by Crippen LogP contribution is 2.43. The van der Waals surface area contributed by atoms with E-state index >= 15 is 0 Å². The molecule has 5 nitrogen and oxygen atoms in total. The largest absolute Gasteiger partial charge is 0.507 e. The summed E-state index contributed by atoms with van der Waals surface area (Å²) in [5, 5.41) is 10.9. The van der Waals surface area contributed by atoms with Crippen molar-refractivity contribution in [1.29, 1.82) is 0 Å². The lowest BCUT2D eigenvalue weighted by atomic mass is 9.83. The van der Waals surface area contributed by atoms with Crippen molar-refractivity contribution in [3.05, 3.63) is 70.8 Å². The van der Waals surface area contributed by atoms with E-state index in [1.54, 1.807) is 7.11 Å². The summed E-state index contributed by atoms with van der Waals surface area (Å²) in [5.74, 6) is 1.93. The number of rotatable bonds is 9. The van der Waals surface area contributed by atoms with Crippen LogP contribution in [0.15, 0.2) is 48.5 Å². The van der Waals surface area contributed by atoms with Gasteiger partial charge in [0, 0.05) is 12.1 Å². The second kappa shape index (κ2) is 11.9. The topological polar surface area (TPSA) is 68.0 Å². The number of nitrogen functional groups attached to an aromatic ring is 1. The van der Waals surface area contributed by atoms with Gasteiger partial charge in [-0.3, -0.25) is 4.90 Å². The number of nitrogens with two attached hydrogens (primary N) is 1. The Hall–Kier alpha value is -3.18. The van der Waals surface area contributed by atoms with Gasteiger partial charge in [0.2, 0.25) is 0 Å². The minimum Gasteiger partial charge on any atom is -0.507 e. The fraction of sp³-hybridized carbons (Fsp3) is 0.438. The van der Waals surface area contributed by atoms with Gasteiger partial charge in [0.05, 0.1) is 12.8 Å². The average molecular weight is 501 g/mol. The second-order valence-electron chi connectivity index (χ2n) is 10.4. The molecule has 3 N–H and O–H groups in total. The summed E-state index contributed by atoms with van der Waals surface area (Å²) in [6.07, 6.45) is 9.98. The molecule has 0 radical (unpaired) electrons. The summed E-state index contributed by atoms with van der Waals surface area (Å²) < 4.78 is 11.6. The molecule has 0 atom stereocenters. The van der Waals surface area contributed by atoms with E-state index in [9.17, 15) is 5.11 Å². The number of nitrogens with zero attached hydrogens (tertiary/aromatic N) is 1. The fourth-order valence-corrected chi connectivity index (χ4v) is 5.94. The van der Waals surface area contributed by atoms with Crippen LogP contribution in [-0.4, -0.2) is 43.4 Å². The maximum Gasteiger partial charge on any atom is 0.142 e. The minimum absolute atomic E-state index is 0.331. The SMILES string of the molecule is COc1ccc(-c2c(O)ccc3c2CCCC3)c(CCc2ccc(OCCN3CCCCC3)cc2)c1N. The van der Waals surface area contributed by atoms with Gasteiger partial charge in [-0.25, -0.2) is 0 Å². The molecule has 5 heteroatoms. The molecule has 5 rings (SSSR count). The lowest BCUT2D eigenvalue weighted by molar-refractivity contribution is 0.183. The highest BCUT2D eigenvalue weighted by molar-refractivity contribution is 5.83. The molecule has 2 aliphatic rings. The molecule has 1 heterocycles. The molecular weight excluding hydrogens is 460 g/mol. The highest BCUT2D eigenvalue weighted by Gasteiger charge is 2.22. The molecule has 1 saturated heterocycles. The van der Waals surface area contributed by atoms with Gasteiger partial charge in [0.15, 0.2) is 0 Å². The molecule has 1 aliphatic carbocycles. The van der Waals surface area contributed by atoms with Crippen molar-refractivity contribution in [2.45, 2.75) is 57.8 Å². The fourth-order valence-electron chi connectivity index (χ4n) is 5.94. The van der Waals surface area contributed by atoms with Gasteiger partial charge in [-0.1, -0.05) is 30.7 Å². The van der Waals surface area contributed by atoms with Crippen molar-refractivity contribution >= 4 is 5.69 Å². The number of aryl methyl sites for hydroxylation is 2. The normalized spacial score (nSPS) is 15.8. The van der Waals surface area contributed by atoms with Gasteiger partial charge in [-0.2, -0.15) is 0 Å². The zero-order chi connectivity index (χ0) is 25.6. The number of fused-ring (bicyclic) bond motifs is 1. The Kier molecular flexibility index (Phi) is 8.20. The number of phenols is 1. The first-order valence-corrected chi connectivity index (χ1v) is 13.9. The summed E-state index contributed by atoms with van der Waals surface area (Å²) in [4.78, 5) is 2.50. The van der Waals surface area contributed by atoms with Gasteiger partial charge in [-0.15, -0.1) is 0 Å². The van der Waals surface area contributed by atoms with Gasteiger partial charge in [0.1, 0.15) is 23.9 Å². The Morgan fingerprint density at radius 3 is 2.43 bits per heavy atom. The van der Waals surface area contributed by atoms with Crippen molar-refractivity contribution in [3.8, 4) is 28.4 Å². The smallest absolute Gasteiger partial charge is 0.142 e. The Balaban J connectivity index is 1.31. The van der Waals surface area contributed by atoms with Crippen molar-refractivity contribution < 1.29 is 14.6 Å². The molecular formula is C32H40N2O3. The second-order valence-corrected chi connectivity index (χ2v) is 10.4. The molecule has 3 aromatic carbocycles. The summed E-state index contributed by atoms with van der Waals surface area (Å²) in [6.45, 7) is 4.12. The lowest BCUT2D eigenvalue weighted by Crippen LogP contribution is -2.33. The summed E-state index contributed by atoms with van der Waals surface area (Å²) in [6, 6.07) is 16.3. The van der Waals surface area contributed by atoms with Crippen LogP contribution >= 0.6 is 0 Å².